The Balaban J connectivity index is 1.70. The Bertz CT molecular complexity index is 842. The predicted octanol–water partition coefficient (Wildman–Crippen LogP) is 2.56. The Labute approximate surface area is 197 Å². The second kappa shape index (κ2) is 11.0. The first-order valence-electron chi connectivity index (χ1n) is 11.8. The lowest BCUT2D eigenvalue weighted by atomic mass is 10.2. The van der Waals surface area contributed by atoms with E-state index in [4.69, 9.17) is 9.47 Å². The maximum atomic E-state index is 12.4. The first kappa shape index (κ1) is 25.1. The third-order valence-corrected chi connectivity index (χ3v) is 6.04. The topological polar surface area (TPSA) is 85.2 Å². The molecule has 1 amide bonds. The SMILES string of the molecule is COCCN1CCCN(c2cc(N3CCN(C(=O)OC(C)(C)C)CC3)cc(C#N)n2)[C@@H](C)C1. The molecule has 0 bridgehead atoms. The fourth-order valence-electron chi connectivity index (χ4n) is 4.38. The number of rotatable bonds is 5. The average molecular weight is 459 g/mol. The molecule has 1 aromatic rings. The molecule has 0 spiro atoms. The summed E-state index contributed by atoms with van der Waals surface area (Å²) in [5.41, 5.74) is 0.900. The van der Waals surface area contributed by atoms with Crippen molar-refractivity contribution in [2.24, 2.45) is 0 Å². The van der Waals surface area contributed by atoms with Gasteiger partial charge in [-0.15, -0.1) is 0 Å². The van der Waals surface area contributed by atoms with Gasteiger partial charge in [0, 0.05) is 70.7 Å². The van der Waals surface area contributed by atoms with Crippen molar-refractivity contribution in [3.8, 4) is 6.07 Å². The van der Waals surface area contributed by atoms with Gasteiger partial charge in [0.15, 0.2) is 0 Å². The molecule has 0 radical (unpaired) electrons. The van der Waals surface area contributed by atoms with Gasteiger partial charge in [0.25, 0.3) is 0 Å². The normalized spacial score (nSPS) is 20.4. The molecule has 2 aliphatic rings. The molecule has 9 heteroatoms. The molecule has 2 saturated heterocycles. The average Bonchev–Trinajstić information content (AvgIpc) is 2.97. The summed E-state index contributed by atoms with van der Waals surface area (Å²) < 4.78 is 10.8. The van der Waals surface area contributed by atoms with Crippen LogP contribution < -0.4 is 9.80 Å². The van der Waals surface area contributed by atoms with Crippen molar-refractivity contribution in [2.75, 3.05) is 75.9 Å². The third kappa shape index (κ3) is 6.95. The van der Waals surface area contributed by atoms with E-state index >= 15 is 0 Å². The number of carbonyl (C=O) groups excluding carboxylic acids is 1. The summed E-state index contributed by atoms with van der Waals surface area (Å²) in [6.07, 6.45) is 0.767. The number of piperazine rings is 1. The van der Waals surface area contributed by atoms with Crippen LogP contribution in [0.25, 0.3) is 0 Å². The minimum absolute atomic E-state index is 0.272. The maximum absolute atomic E-state index is 12.4. The van der Waals surface area contributed by atoms with Crippen LogP contribution in [0.5, 0.6) is 0 Å². The van der Waals surface area contributed by atoms with Crippen molar-refractivity contribution in [3.05, 3.63) is 17.8 Å². The number of aromatic nitrogens is 1. The Morgan fingerprint density at radius 2 is 1.91 bits per heavy atom. The number of pyridine rings is 1. The van der Waals surface area contributed by atoms with E-state index in [9.17, 15) is 10.1 Å². The first-order chi connectivity index (χ1) is 15.7. The summed E-state index contributed by atoms with van der Waals surface area (Å²) in [5.74, 6) is 0.847. The number of nitriles is 1. The van der Waals surface area contributed by atoms with Gasteiger partial charge in [0.2, 0.25) is 0 Å². The maximum Gasteiger partial charge on any atom is 0.410 e. The van der Waals surface area contributed by atoms with Gasteiger partial charge in [-0.25, -0.2) is 9.78 Å². The highest BCUT2D eigenvalue weighted by molar-refractivity contribution is 5.69. The van der Waals surface area contributed by atoms with Crippen molar-refractivity contribution in [1.29, 1.82) is 5.26 Å². The highest BCUT2D eigenvalue weighted by Crippen LogP contribution is 2.26. The van der Waals surface area contributed by atoms with Crippen LogP contribution in [0.2, 0.25) is 0 Å². The Morgan fingerprint density at radius 3 is 2.55 bits per heavy atom. The lowest BCUT2D eigenvalue weighted by Gasteiger charge is -2.37. The van der Waals surface area contributed by atoms with Crippen LogP contribution in [-0.4, -0.2) is 98.6 Å². The van der Waals surface area contributed by atoms with Gasteiger partial charge >= 0.3 is 6.09 Å². The highest BCUT2D eigenvalue weighted by Gasteiger charge is 2.28. The zero-order valence-corrected chi connectivity index (χ0v) is 20.7. The number of hydrogen-bond acceptors (Lipinski definition) is 8. The van der Waals surface area contributed by atoms with Crippen LogP contribution in [0.15, 0.2) is 12.1 Å². The van der Waals surface area contributed by atoms with Crippen LogP contribution >= 0.6 is 0 Å². The number of hydrogen-bond donors (Lipinski definition) is 0. The van der Waals surface area contributed by atoms with Crippen molar-refractivity contribution < 1.29 is 14.3 Å². The Kier molecular flexibility index (Phi) is 8.38. The van der Waals surface area contributed by atoms with Gasteiger partial charge in [-0.05, 0) is 46.7 Å². The van der Waals surface area contributed by atoms with Gasteiger partial charge in [0.1, 0.15) is 23.2 Å². The monoisotopic (exact) mass is 458 g/mol. The minimum Gasteiger partial charge on any atom is -0.444 e. The largest absolute Gasteiger partial charge is 0.444 e. The number of ether oxygens (including phenoxy) is 2. The number of amides is 1. The molecular weight excluding hydrogens is 420 g/mol. The summed E-state index contributed by atoms with van der Waals surface area (Å²) in [6.45, 7) is 14.9. The summed E-state index contributed by atoms with van der Waals surface area (Å²) >= 11 is 0. The van der Waals surface area contributed by atoms with E-state index in [1.807, 2.05) is 26.8 Å². The molecule has 0 aliphatic carbocycles. The zero-order chi connectivity index (χ0) is 24.0. The van der Waals surface area contributed by atoms with E-state index in [0.717, 1.165) is 50.7 Å². The molecule has 33 heavy (non-hydrogen) atoms. The first-order valence-corrected chi connectivity index (χ1v) is 11.8. The van der Waals surface area contributed by atoms with Crippen LogP contribution in [0.4, 0.5) is 16.3 Å². The molecule has 3 rings (SSSR count). The second-order valence-electron chi connectivity index (χ2n) is 9.82. The lowest BCUT2D eigenvalue weighted by molar-refractivity contribution is 0.0240. The predicted molar refractivity (Wildman–Crippen MR) is 129 cm³/mol. The fourth-order valence-corrected chi connectivity index (χ4v) is 4.38. The molecule has 1 atom stereocenters. The van der Waals surface area contributed by atoms with Crippen LogP contribution in [0.3, 0.4) is 0 Å². The molecule has 182 valence electrons. The van der Waals surface area contributed by atoms with Crippen LogP contribution in [-0.2, 0) is 9.47 Å². The van der Waals surface area contributed by atoms with E-state index < -0.39 is 5.60 Å². The quantitative estimate of drug-likeness (QED) is 0.666. The number of anilines is 2. The summed E-state index contributed by atoms with van der Waals surface area (Å²) in [4.78, 5) is 25.8. The molecule has 0 unspecified atom stereocenters. The van der Waals surface area contributed by atoms with Crippen molar-refractivity contribution >= 4 is 17.6 Å². The second-order valence-corrected chi connectivity index (χ2v) is 9.82. The van der Waals surface area contributed by atoms with Crippen molar-refractivity contribution in [2.45, 2.75) is 45.8 Å². The van der Waals surface area contributed by atoms with E-state index in [-0.39, 0.29) is 12.1 Å². The van der Waals surface area contributed by atoms with Crippen LogP contribution in [0.1, 0.15) is 39.8 Å². The smallest absolute Gasteiger partial charge is 0.410 e. The van der Waals surface area contributed by atoms with Gasteiger partial charge in [-0.3, -0.25) is 4.90 Å². The van der Waals surface area contributed by atoms with Crippen LogP contribution in [0, 0.1) is 11.3 Å². The van der Waals surface area contributed by atoms with Gasteiger partial charge in [0.05, 0.1) is 6.61 Å². The minimum atomic E-state index is -0.501. The van der Waals surface area contributed by atoms with E-state index in [0.29, 0.717) is 31.9 Å². The summed E-state index contributed by atoms with van der Waals surface area (Å²) in [5, 5.41) is 9.63. The summed E-state index contributed by atoms with van der Waals surface area (Å²) in [6, 6.07) is 6.45. The molecule has 3 heterocycles. The van der Waals surface area contributed by atoms with E-state index in [2.05, 4.69) is 38.7 Å². The van der Waals surface area contributed by atoms with Crippen molar-refractivity contribution in [3.63, 3.8) is 0 Å². The molecule has 0 N–H and O–H groups in total. The number of carbonyl (C=O) groups is 1. The molecule has 1 aromatic heterocycles. The Hall–Kier alpha value is -2.57. The molecule has 0 saturated carbocycles. The lowest BCUT2D eigenvalue weighted by Crippen LogP contribution is -2.50. The van der Waals surface area contributed by atoms with E-state index in [1.165, 1.54) is 0 Å². The third-order valence-electron chi connectivity index (χ3n) is 6.04. The molecular formula is C24H38N6O3. The molecule has 2 fully saturated rings. The van der Waals surface area contributed by atoms with Gasteiger partial charge in [-0.2, -0.15) is 5.26 Å². The molecule has 0 aromatic carbocycles. The Morgan fingerprint density at radius 1 is 1.18 bits per heavy atom. The molecule has 9 nitrogen and oxygen atoms in total. The standard InChI is InChI=1S/C24H38N6O3/c1-19-18-27(13-14-32-5)7-6-8-30(19)22-16-21(15-20(17-25)26-22)28-9-11-29(12-10-28)23(31)33-24(2,3)4/h15-16,19H,6-14,18H2,1-5H3/t19-/m0/s1. The van der Waals surface area contributed by atoms with Gasteiger partial charge < -0.3 is 24.2 Å². The van der Waals surface area contributed by atoms with Gasteiger partial charge in [-0.1, -0.05) is 0 Å². The van der Waals surface area contributed by atoms with Crippen molar-refractivity contribution in [1.82, 2.24) is 14.8 Å². The van der Waals surface area contributed by atoms with E-state index in [1.54, 1.807) is 12.0 Å². The summed E-state index contributed by atoms with van der Waals surface area (Å²) in [7, 11) is 1.74. The number of methoxy groups -OCH3 is 1. The molecule has 2 aliphatic heterocycles. The number of nitrogens with zero attached hydrogens (tertiary/aromatic N) is 6. The highest BCUT2D eigenvalue weighted by atomic mass is 16.6. The fraction of sp³-hybridized carbons (Fsp3) is 0.708. The zero-order valence-electron chi connectivity index (χ0n) is 20.7.